The molecule has 2 aliphatic rings. The van der Waals surface area contributed by atoms with Crippen molar-refractivity contribution in [3.63, 3.8) is 0 Å². The molecule has 4 rings (SSSR count). The Morgan fingerprint density at radius 3 is 2.56 bits per heavy atom. The van der Waals surface area contributed by atoms with Crippen LogP contribution in [0.15, 0.2) is 48.5 Å². The lowest BCUT2D eigenvalue weighted by molar-refractivity contribution is -0.147. The predicted octanol–water partition coefficient (Wildman–Crippen LogP) is 3.96. The summed E-state index contributed by atoms with van der Waals surface area (Å²) in [5.74, 6) is -0.713. The Labute approximate surface area is 161 Å². The first-order chi connectivity index (χ1) is 13.0. The SMILES string of the molecule is CC(C)(CCN1CCN2c3ccccc3Cc3ccccc3[C@@H]2C1)C(=O)O. The molecule has 0 radical (unpaired) electrons. The number of hydrogen-bond acceptors (Lipinski definition) is 3. The molecule has 0 amide bonds. The molecule has 2 aromatic carbocycles. The number of benzene rings is 2. The van der Waals surface area contributed by atoms with Crippen LogP contribution in [0.25, 0.3) is 0 Å². The maximum absolute atomic E-state index is 11.4. The molecule has 27 heavy (non-hydrogen) atoms. The van der Waals surface area contributed by atoms with Crippen LogP contribution in [0.2, 0.25) is 0 Å². The smallest absolute Gasteiger partial charge is 0.309 e. The van der Waals surface area contributed by atoms with Gasteiger partial charge in [-0.3, -0.25) is 9.69 Å². The summed E-state index contributed by atoms with van der Waals surface area (Å²) in [6.45, 7) is 7.37. The first-order valence-corrected chi connectivity index (χ1v) is 9.84. The lowest BCUT2D eigenvalue weighted by Crippen LogP contribution is -2.49. The lowest BCUT2D eigenvalue weighted by Gasteiger charge is -2.43. The number of fused-ring (bicyclic) bond motifs is 5. The highest BCUT2D eigenvalue weighted by Gasteiger charge is 2.34. The van der Waals surface area contributed by atoms with Crippen LogP contribution in [0.3, 0.4) is 0 Å². The fourth-order valence-electron chi connectivity index (χ4n) is 4.31. The Morgan fingerprint density at radius 2 is 1.78 bits per heavy atom. The lowest BCUT2D eigenvalue weighted by atomic mass is 9.89. The van der Waals surface area contributed by atoms with Crippen molar-refractivity contribution in [2.45, 2.75) is 32.7 Å². The van der Waals surface area contributed by atoms with E-state index in [1.54, 1.807) is 0 Å². The van der Waals surface area contributed by atoms with Crippen LogP contribution in [0.5, 0.6) is 0 Å². The zero-order chi connectivity index (χ0) is 19.0. The summed E-state index contributed by atoms with van der Waals surface area (Å²) in [6, 6.07) is 17.9. The van der Waals surface area contributed by atoms with E-state index in [4.69, 9.17) is 0 Å². The molecule has 0 bridgehead atoms. The number of para-hydroxylation sites is 1. The van der Waals surface area contributed by atoms with E-state index in [2.05, 4.69) is 58.3 Å². The van der Waals surface area contributed by atoms with Gasteiger partial charge in [0, 0.05) is 25.3 Å². The van der Waals surface area contributed by atoms with Crippen molar-refractivity contribution in [2.75, 3.05) is 31.1 Å². The van der Waals surface area contributed by atoms with Crippen molar-refractivity contribution in [1.82, 2.24) is 4.90 Å². The summed E-state index contributed by atoms with van der Waals surface area (Å²) in [5, 5.41) is 9.41. The van der Waals surface area contributed by atoms with Gasteiger partial charge in [-0.25, -0.2) is 0 Å². The highest BCUT2D eigenvalue weighted by Crippen LogP contribution is 2.39. The number of anilines is 1. The van der Waals surface area contributed by atoms with Crippen LogP contribution in [-0.4, -0.2) is 42.2 Å². The number of hydrogen-bond donors (Lipinski definition) is 1. The molecule has 2 heterocycles. The van der Waals surface area contributed by atoms with Gasteiger partial charge >= 0.3 is 5.97 Å². The van der Waals surface area contributed by atoms with Crippen LogP contribution < -0.4 is 4.90 Å². The monoisotopic (exact) mass is 364 g/mol. The van der Waals surface area contributed by atoms with Gasteiger partial charge in [0.15, 0.2) is 0 Å². The Kier molecular flexibility index (Phi) is 4.68. The van der Waals surface area contributed by atoms with Gasteiger partial charge < -0.3 is 10.0 Å². The van der Waals surface area contributed by atoms with Gasteiger partial charge in [-0.05, 0) is 56.0 Å². The highest BCUT2D eigenvalue weighted by atomic mass is 16.4. The summed E-state index contributed by atoms with van der Waals surface area (Å²) in [7, 11) is 0. The van der Waals surface area contributed by atoms with E-state index in [1.807, 2.05) is 13.8 Å². The molecule has 4 heteroatoms. The van der Waals surface area contributed by atoms with Gasteiger partial charge in [0.1, 0.15) is 0 Å². The third kappa shape index (κ3) is 3.46. The van der Waals surface area contributed by atoms with Crippen molar-refractivity contribution in [3.8, 4) is 0 Å². The first-order valence-electron chi connectivity index (χ1n) is 9.84. The zero-order valence-corrected chi connectivity index (χ0v) is 16.2. The molecule has 0 saturated carbocycles. The average Bonchev–Trinajstić information content (AvgIpc) is 2.80. The first kappa shape index (κ1) is 18.1. The minimum absolute atomic E-state index is 0.326. The normalized spacial score (nSPS) is 19.6. The van der Waals surface area contributed by atoms with Crippen LogP contribution in [-0.2, 0) is 11.2 Å². The van der Waals surface area contributed by atoms with Crippen molar-refractivity contribution < 1.29 is 9.90 Å². The molecular weight excluding hydrogens is 336 g/mol. The van der Waals surface area contributed by atoms with E-state index < -0.39 is 11.4 Å². The molecule has 0 aromatic heterocycles. The second-order valence-electron chi connectivity index (χ2n) is 8.45. The summed E-state index contributed by atoms with van der Waals surface area (Å²) in [4.78, 5) is 16.4. The topological polar surface area (TPSA) is 43.8 Å². The molecule has 1 atom stereocenters. The molecule has 0 aliphatic carbocycles. The number of nitrogens with zero attached hydrogens (tertiary/aromatic N) is 2. The molecule has 0 unspecified atom stereocenters. The third-order valence-electron chi connectivity index (χ3n) is 6.19. The standard InChI is InChI=1S/C23H28N2O2/c1-23(2,22(26)27)11-12-24-13-14-25-20-10-6-4-8-18(20)15-17-7-3-5-9-19(17)21(25)16-24/h3-10,21H,11-16H2,1-2H3,(H,26,27)/t21-/m0/s1. The van der Waals surface area contributed by atoms with Gasteiger partial charge in [0.2, 0.25) is 0 Å². The van der Waals surface area contributed by atoms with E-state index in [0.29, 0.717) is 12.5 Å². The molecule has 1 N–H and O–H groups in total. The molecule has 142 valence electrons. The number of rotatable bonds is 4. The van der Waals surface area contributed by atoms with Crippen LogP contribution in [0, 0.1) is 5.41 Å². The number of piperazine rings is 1. The van der Waals surface area contributed by atoms with E-state index >= 15 is 0 Å². The van der Waals surface area contributed by atoms with E-state index in [1.165, 1.54) is 22.4 Å². The van der Waals surface area contributed by atoms with Gasteiger partial charge in [-0.1, -0.05) is 42.5 Å². The number of carboxylic acids is 1. The number of aliphatic carboxylic acids is 1. The summed E-state index contributed by atoms with van der Waals surface area (Å²) < 4.78 is 0. The predicted molar refractivity (Wildman–Crippen MR) is 108 cm³/mol. The van der Waals surface area contributed by atoms with Gasteiger partial charge in [0.05, 0.1) is 11.5 Å². The molecule has 2 aliphatic heterocycles. The number of carbonyl (C=O) groups is 1. The fourth-order valence-corrected chi connectivity index (χ4v) is 4.31. The summed E-state index contributed by atoms with van der Waals surface area (Å²) >= 11 is 0. The molecule has 4 nitrogen and oxygen atoms in total. The second kappa shape index (κ2) is 7.01. The molecule has 2 aromatic rings. The zero-order valence-electron chi connectivity index (χ0n) is 16.2. The second-order valence-corrected chi connectivity index (χ2v) is 8.45. The maximum Gasteiger partial charge on any atom is 0.309 e. The molecule has 1 saturated heterocycles. The van der Waals surface area contributed by atoms with Gasteiger partial charge in [0.25, 0.3) is 0 Å². The van der Waals surface area contributed by atoms with Crippen LogP contribution >= 0.6 is 0 Å². The maximum atomic E-state index is 11.4. The van der Waals surface area contributed by atoms with Crippen molar-refractivity contribution in [3.05, 3.63) is 65.2 Å². The molecular formula is C23H28N2O2. The molecule has 0 spiro atoms. The fraction of sp³-hybridized carbons (Fsp3) is 0.435. The Balaban J connectivity index is 1.61. The minimum atomic E-state index is -0.713. The van der Waals surface area contributed by atoms with E-state index in [0.717, 1.165) is 32.6 Å². The van der Waals surface area contributed by atoms with Crippen molar-refractivity contribution >= 4 is 11.7 Å². The van der Waals surface area contributed by atoms with Crippen molar-refractivity contribution in [1.29, 1.82) is 0 Å². The third-order valence-corrected chi connectivity index (χ3v) is 6.19. The highest BCUT2D eigenvalue weighted by molar-refractivity contribution is 5.73. The number of carboxylic acid groups (broad SMARTS) is 1. The Morgan fingerprint density at radius 1 is 1.07 bits per heavy atom. The summed E-state index contributed by atoms with van der Waals surface area (Å²) in [6.07, 6.45) is 1.65. The van der Waals surface area contributed by atoms with Gasteiger partial charge in [-0.15, -0.1) is 0 Å². The van der Waals surface area contributed by atoms with Crippen LogP contribution in [0.1, 0.15) is 43.0 Å². The van der Waals surface area contributed by atoms with Crippen molar-refractivity contribution in [2.24, 2.45) is 5.41 Å². The van der Waals surface area contributed by atoms with Crippen LogP contribution in [0.4, 0.5) is 5.69 Å². The van der Waals surface area contributed by atoms with Gasteiger partial charge in [-0.2, -0.15) is 0 Å². The quantitative estimate of drug-likeness (QED) is 0.892. The molecule has 1 fully saturated rings. The average molecular weight is 364 g/mol. The minimum Gasteiger partial charge on any atom is -0.481 e. The Hall–Kier alpha value is -2.33. The Bertz CT molecular complexity index is 846. The van der Waals surface area contributed by atoms with E-state index in [-0.39, 0.29) is 0 Å². The summed E-state index contributed by atoms with van der Waals surface area (Å²) in [5.41, 5.74) is 4.89. The van der Waals surface area contributed by atoms with E-state index in [9.17, 15) is 9.90 Å². The largest absolute Gasteiger partial charge is 0.481 e.